The molecule has 1 aromatic heterocycles. The highest BCUT2D eigenvalue weighted by atomic mass is 35.5. The minimum atomic E-state index is -1.28. The molecule has 94 valence electrons. The number of aromatic nitrogens is 2. The summed E-state index contributed by atoms with van der Waals surface area (Å²) in [6, 6.07) is 5.32. The number of carboxylic acid groups (broad SMARTS) is 1. The third-order valence-corrected chi connectivity index (χ3v) is 2.40. The third kappa shape index (κ3) is 2.78. The molecule has 2 aromatic rings. The van der Waals surface area contributed by atoms with Crippen molar-refractivity contribution in [2.75, 3.05) is 0 Å². The van der Waals surface area contributed by atoms with Gasteiger partial charge in [-0.25, -0.2) is 4.79 Å². The molecule has 1 N–H and O–H groups in total. The van der Waals surface area contributed by atoms with Crippen LogP contribution in [0, 0.1) is 6.92 Å². The molecular weight excluding hydrogens is 260 g/mol. The van der Waals surface area contributed by atoms with Crippen LogP contribution in [-0.2, 0) is 6.61 Å². The van der Waals surface area contributed by atoms with Gasteiger partial charge in [-0.1, -0.05) is 17.7 Å². The molecule has 0 amide bonds. The van der Waals surface area contributed by atoms with E-state index < -0.39 is 11.9 Å². The van der Waals surface area contributed by atoms with Gasteiger partial charge in [0.1, 0.15) is 5.75 Å². The van der Waals surface area contributed by atoms with Crippen molar-refractivity contribution in [2.45, 2.75) is 13.5 Å². The maximum absolute atomic E-state index is 10.5. The van der Waals surface area contributed by atoms with Gasteiger partial charge in [-0.05, 0) is 24.6 Å². The number of rotatable bonds is 4. The Morgan fingerprint density at radius 1 is 1.50 bits per heavy atom. The lowest BCUT2D eigenvalue weighted by molar-refractivity contribution is 0.0649. The quantitative estimate of drug-likeness (QED) is 0.916. The van der Waals surface area contributed by atoms with E-state index in [4.69, 9.17) is 25.9 Å². The highest BCUT2D eigenvalue weighted by Crippen LogP contribution is 2.25. The number of carbonyl (C=O) groups is 1. The molecule has 0 bridgehead atoms. The summed E-state index contributed by atoms with van der Waals surface area (Å²) in [6.45, 7) is 1.86. The number of halogens is 1. The van der Waals surface area contributed by atoms with E-state index in [0.29, 0.717) is 10.8 Å². The lowest BCUT2D eigenvalue weighted by atomic mass is 10.2. The molecule has 1 aromatic carbocycles. The molecule has 7 heteroatoms. The van der Waals surface area contributed by atoms with Crippen molar-refractivity contribution in [3.63, 3.8) is 0 Å². The summed E-state index contributed by atoms with van der Waals surface area (Å²) >= 11 is 5.93. The predicted molar refractivity (Wildman–Crippen MR) is 61.8 cm³/mol. The van der Waals surface area contributed by atoms with Crippen LogP contribution in [0.5, 0.6) is 5.75 Å². The topological polar surface area (TPSA) is 85.5 Å². The highest BCUT2D eigenvalue weighted by Gasteiger charge is 2.13. The van der Waals surface area contributed by atoms with Gasteiger partial charge in [0.25, 0.3) is 5.89 Å². The Balaban J connectivity index is 2.06. The standard InChI is InChI=1S/C11H9ClN2O4/c1-6-2-3-7(12)8(4-6)17-5-9-13-14-10(18-9)11(15)16/h2-4H,5H2,1H3,(H,15,16). The van der Waals surface area contributed by atoms with Crippen LogP contribution < -0.4 is 4.74 Å². The van der Waals surface area contributed by atoms with Crippen LogP contribution in [-0.4, -0.2) is 21.3 Å². The van der Waals surface area contributed by atoms with Crippen LogP contribution in [0.1, 0.15) is 22.1 Å². The fourth-order valence-corrected chi connectivity index (χ4v) is 1.43. The van der Waals surface area contributed by atoms with E-state index in [9.17, 15) is 4.79 Å². The lowest BCUT2D eigenvalue weighted by Gasteiger charge is -2.06. The molecule has 0 spiro atoms. The highest BCUT2D eigenvalue weighted by molar-refractivity contribution is 6.32. The number of benzene rings is 1. The molecule has 6 nitrogen and oxygen atoms in total. The smallest absolute Gasteiger partial charge is 0.393 e. The molecule has 0 aliphatic carbocycles. The van der Waals surface area contributed by atoms with Crippen molar-refractivity contribution in [1.29, 1.82) is 0 Å². The maximum Gasteiger partial charge on any atom is 0.393 e. The van der Waals surface area contributed by atoms with Crippen molar-refractivity contribution < 1.29 is 19.1 Å². The lowest BCUT2D eigenvalue weighted by Crippen LogP contribution is -1.97. The van der Waals surface area contributed by atoms with Crippen LogP contribution >= 0.6 is 11.6 Å². The van der Waals surface area contributed by atoms with Crippen LogP contribution in [0.15, 0.2) is 22.6 Å². The van der Waals surface area contributed by atoms with Gasteiger partial charge in [0, 0.05) is 0 Å². The number of nitrogens with zero attached hydrogens (tertiary/aromatic N) is 2. The van der Waals surface area contributed by atoms with Gasteiger partial charge in [0.2, 0.25) is 0 Å². The molecular formula is C11H9ClN2O4. The van der Waals surface area contributed by atoms with Gasteiger partial charge < -0.3 is 14.3 Å². The van der Waals surface area contributed by atoms with Crippen molar-refractivity contribution in [3.8, 4) is 5.75 Å². The first-order chi connectivity index (χ1) is 8.56. The summed E-state index contributed by atoms with van der Waals surface area (Å²) in [7, 11) is 0. The van der Waals surface area contributed by atoms with E-state index in [2.05, 4.69) is 10.2 Å². The van der Waals surface area contributed by atoms with Crippen molar-refractivity contribution >= 4 is 17.6 Å². The molecule has 2 rings (SSSR count). The number of aromatic carboxylic acids is 1. The van der Waals surface area contributed by atoms with Gasteiger partial charge in [-0.3, -0.25) is 0 Å². The minimum Gasteiger partial charge on any atom is -0.482 e. The first-order valence-corrected chi connectivity index (χ1v) is 5.38. The molecule has 0 radical (unpaired) electrons. The molecule has 0 fully saturated rings. The van der Waals surface area contributed by atoms with Crippen LogP contribution in [0.4, 0.5) is 0 Å². The van der Waals surface area contributed by atoms with E-state index in [1.165, 1.54) is 0 Å². The zero-order chi connectivity index (χ0) is 13.1. The molecule has 0 aliphatic heterocycles. The van der Waals surface area contributed by atoms with Gasteiger partial charge in [-0.2, -0.15) is 0 Å². The Labute approximate surface area is 107 Å². The van der Waals surface area contributed by atoms with Crippen molar-refractivity contribution in [1.82, 2.24) is 10.2 Å². The van der Waals surface area contributed by atoms with Crippen LogP contribution in [0.2, 0.25) is 5.02 Å². The van der Waals surface area contributed by atoms with E-state index in [-0.39, 0.29) is 12.5 Å². The largest absolute Gasteiger partial charge is 0.482 e. The molecule has 0 aliphatic rings. The van der Waals surface area contributed by atoms with Gasteiger partial charge >= 0.3 is 11.9 Å². The summed E-state index contributed by atoms with van der Waals surface area (Å²) in [5.41, 5.74) is 0.992. The van der Waals surface area contributed by atoms with Gasteiger partial charge in [0.05, 0.1) is 5.02 Å². The zero-order valence-electron chi connectivity index (χ0n) is 9.38. The maximum atomic E-state index is 10.5. The molecule has 0 atom stereocenters. The number of ether oxygens (including phenoxy) is 1. The van der Waals surface area contributed by atoms with Crippen LogP contribution in [0.3, 0.4) is 0 Å². The minimum absolute atomic E-state index is 0.0382. The number of hydrogen-bond donors (Lipinski definition) is 1. The van der Waals surface area contributed by atoms with Crippen LogP contribution in [0.25, 0.3) is 0 Å². The van der Waals surface area contributed by atoms with E-state index >= 15 is 0 Å². The summed E-state index contributed by atoms with van der Waals surface area (Å²) < 4.78 is 10.2. The second-order valence-electron chi connectivity index (χ2n) is 3.53. The molecule has 0 saturated heterocycles. The Morgan fingerprint density at radius 3 is 2.94 bits per heavy atom. The van der Waals surface area contributed by atoms with E-state index in [0.717, 1.165) is 5.56 Å². The molecule has 18 heavy (non-hydrogen) atoms. The average molecular weight is 269 g/mol. The fourth-order valence-electron chi connectivity index (χ4n) is 1.26. The molecule has 1 heterocycles. The summed E-state index contributed by atoms with van der Waals surface area (Å²) in [6.07, 6.45) is 0. The second-order valence-corrected chi connectivity index (χ2v) is 3.94. The fraction of sp³-hybridized carbons (Fsp3) is 0.182. The Hall–Kier alpha value is -2.08. The first kappa shape index (κ1) is 12.4. The third-order valence-electron chi connectivity index (χ3n) is 2.09. The summed E-state index contributed by atoms with van der Waals surface area (Å²) in [5, 5.41) is 15.9. The van der Waals surface area contributed by atoms with Gasteiger partial charge in [0.15, 0.2) is 6.61 Å². The van der Waals surface area contributed by atoms with E-state index in [1.54, 1.807) is 12.1 Å². The molecule has 0 unspecified atom stereocenters. The monoisotopic (exact) mass is 268 g/mol. The van der Waals surface area contributed by atoms with Crippen molar-refractivity contribution in [2.24, 2.45) is 0 Å². The first-order valence-electron chi connectivity index (χ1n) is 5.01. The summed E-state index contributed by atoms with van der Waals surface area (Å²) in [4.78, 5) is 10.5. The predicted octanol–water partition coefficient (Wildman–Crippen LogP) is 2.31. The zero-order valence-corrected chi connectivity index (χ0v) is 10.1. The SMILES string of the molecule is Cc1ccc(Cl)c(OCc2nnc(C(=O)O)o2)c1. The van der Waals surface area contributed by atoms with E-state index in [1.807, 2.05) is 13.0 Å². The normalized spacial score (nSPS) is 10.3. The Bertz CT molecular complexity index is 582. The molecule has 0 saturated carbocycles. The Kier molecular flexibility index (Phi) is 3.47. The number of aryl methyl sites for hydroxylation is 1. The second kappa shape index (κ2) is 5.05. The summed E-state index contributed by atoms with van der Waals surface area (Å²) in [5.74, 6) is -1.19. The van der Waals surface area contributed by atoms with Gasteiger partial charge in [-0.15, -0.1) is 10.2 Å². The average Bonchev–Trinajstić information content (AvgIpc) is 2.79. The Morgan fingerprint density at radius 2 is 2.28 bits per heavy atom. The number of carboxylic acids is 1. The van der Waals surface area contributed by atoms with Crippen molar-refractivity contribution in [3.05, 3.63) is 40.6 Å². The number of hydrogen-bond acceptors (Lipinski definition) is 5.